The Labute approximate surface area is 200 Å². The van der Waals surface area contributed by atoms with Gasteiger partial charge in [-0.25, -0.2) is 0 Å². The van der Waals surface area contributed by atoms with Gasteiger partial charge in [-0.1, -0.05) is 18.2 Å². The van der Waals surface area contributed by atoms with Gasteiger partial charge in [-0.15, -0.1) is 0 Å². The fraction of sp³-hybridized carbons (Fsp3) is 0.154. The Kier molecular flexibility index (Phi) is 4.95. The predicted molar refractivity (Wildman–Crippen MR) is 130 cm³/mol. The summed E-state index contributed by atoms with van der Waals surface area (Å²) < 4.78 is 5.60. The number of nitrogens with one attached hydrogen (secondary N) is 2. The van der Waals surface area contributed by atoms with Crippen LogP contribution in [0.2, 0.25) is 0 Å². The van der Waals surface area contributed by atoms with Gasteiger partial charge in [0.15, 0.2) is 5.76 Å². The number of amides is 2. The molecule has 0 spiro atoms. The molecule has 0 saturated heterocycles. The van der Waals surface area contributed by atoms with Crippen LogP contribution in [0.1, 0.15) is 27.4 Å². The summed E-state index contributed by atoms with van der Waals surface area (Å²) in [4.78, 5) is 39.4. The largest absolute Gasteiger partial charge is 0.459 e. The molecule has 2 amide bonds. The summed E-state index contributed by atoms with van der Waals surface area (Å²) in [6.07, 6.45) is 5.13. The van der Waals surface area contributed by atoms with Crippen molar-refractivity contribution in [1.29, 1.82) is 0 Å². The lowest BCUT2D eigenvalue weighted by Gasteiger charge is -2.33. The molecule has 0 aliphatic carbocycles. The van der Waals surface area contributed by atoms with Crippen LogP contribution in [-0.4, -0.2) is 37.7 Å². The number of benzene rings is 2. The van der Waals surface area contributed by atoms with E-state index in [2.05, 4.69) is 20.3 Å². The average Bonchev–Trinajstić information content (AvgIpc) is 3.50. The van der Waals surface area contributed by atoms with Crippen molar-refractivity contribution in [1.82, 2.24) is 19.9 Å². The van der Waals surface area contributed by atoms with E-state index in [9.17, 15) is 9.59 Å². The van der Waals surface area contributed by atoms with E-state index < -0.39 is 11.9 Å². The van der Waals surface area contributed by atoms with Crippen LogP contribution < -0.4 is 11.1 Å². The molecule has 0 radical (unpaired) electrons. The zero-order valence-corrected chi connectivity index (χ0v) is 18.7. The molecule has 0 fully saturated rings. The van der Waals surface area contributed by atoms with Crippen LogP contribution in [-0.2, 0) is 24.3 Å². The van der Waals surface area contributed by atoms with Crippen LogP contribution in [0.15, 0.2) is 71.6 Å². The van der Waals surface area contributed by atoms with Gasteiger partial charge in [0.1, 0.15) is 6.04 Å². The normalized spacial score (nSPS) is 15.3. The van der Waals surface area contributed by atoms with Gasteiger partial charge < -0.3 is 25.4 Å². The number of aromatic amines is 1. The maximum absolute atomic E-state index is 13.6. The van der Waals surface area contributed by atoms with Gasteiger partial charge in [0.2, 0.25) is 5.91 Å². The average molecular weight is 467 g/mol. The molecule has 9 nitrogen and oxygen atoms in total. The maximum atomic E-state index is 13.6. The topological polar surface area (TPSA) is 130 Å². The second-order valence-electron chi connectivity index (χ2n) is 8.57. The minimum atomic E-state index is -0.765. The van der Waals surface area contributed by atoms with E-state index in [4.69, 9.17) is 10.2 Å². The first-order valence-electron chi connectivity index (χ1n) is 11.3. The van der Waals surface area contributed by atoms with Crippen molar-refractivity contribution in [3.63, 3.8) is 0 Å². The molecular formula is C26H22N6O3. The summed E-state index contributed by atoms with van der Waals surface area (Å²) in [6.45, 7) is 0.601. The number of primary amides is 1. The highest BCUT2D eigenvalue weighted by atomic mass is 16.3. The number of hydrogen-bond acceptors (Lipinski definition) is 6. The third kappa shape index (κ3) is 3.67. The lowest BCUT2D eigenvalue weighted by molar-refractivity contribution is -0.122. The van der Waals surface area contributed by atoms with Crippen molar-refractivity contribution < 1.29 is 14.0 Å². The summed E-state index contributed by atoms with van der Waals surface area (Å²) in [5.41, 5.74) is 11.7. The van der Waals surface area contributed by atoms with Crippen molar-refractivity contribution in [3.05, 3.63) is 89.8 Å². The number of rotatable bonds is 5. The monoisotopic (exact) mass is 466 g/mol. The van der Waals surface area contributed by atoms with E-state index in [0.717, 1.165) is 38.9 Å². The van der Waals surface area contributed by atoms with E-state index >= 15 is 0 Å². The van der Waals surface area contributed by atoms with Crippen LogP contribution in [0.5, 0.6) is 0 Å². The zero-order valence-electron chi connectivity index (χ0n) is 18.7. The minimum Gasteiger partial charge on any atom is -0.459 e. The van der Waals surface area contributed by atoms with Crippen molar-refractivity contribution in [2.24, 2.45) is 5.73 Å². The van der Waals surface area contributed by atoms with Gasteiger partial charge in [0, 0.05) is 53.2 Å². The Bertz CT molecular complexity index is 1590. The summed E-state index contributed by atoms with van der Waals surface area (Å²) in [7, 11) is 0. The molecule has 1 atom stereocenters. The molecule has 1 aliphatic rings. The van der Waals surface area contributed by atoms with Gasteiger partial charge in [0.25, 0.3) is 5.91 Å². The zero-order chi connectivity index (χ0) is 23.9. The lowest BCUT2D eigenvalue weighted by Crippen LogP contribution is -2.51. The van der Waals surface area contributed by atoms with Gasteiger partial charge in [0.05, 0.1) is 23.8 Å². The number of carbonyl (C=O) groups is 2. The molecule has 2 aromatic carbocycles. The van der Waals surface area contributed by atoms with Crippen molar-refractivity contribution in [2.75, 3.05) is 5.32 Å². The molecule has 4 heterocycles. The number of para-hydroxylation sites is 1. The second-order valence-corrected chi connectivity index (χ2v) is 8.57. The molecule has 6 rings (SSSR count). The number of furan rings is 1. The first-order chi connectivity index (χ1) is 17.1. The van der Waals surface area contributed by atoms with Crippen molar-refractivity contribution >= 4 is 39.4 Å². The quantitative estimate of drug-likeness (QED) is 0.364. The molecule has 0 unspecified atom stereocenters. The first kappa shape index (κ1) is 20.9. The van der Waals surface area contributed by atoms with E-state index in [0.29, 0.717) is 18.5 Å². The van der Waals surface area contributed by atoms with Crippen molar-refractivity contribution in [3.8, 4) is 0 Å². The van der Waals surface area contributed by atoms with Gasteiger partial charge in [-0.3, -0.25) is 19.6 Å². The molecule has 9 heteroatoms. The van der Waals surface area contributed by atoms with E-state index in [1.807, 2.05) is 42.5 Å². The van der Waals surface area contributed by atoms with Crippen molar-refractivity contribution in [2.45, 2.75) is 25.6 Å². The first-order valence-corrected chi connectivity index (χ1v) is 11.3. The molecule has 4 N–H and O–H groups in total. The molecule has 5 aromatic rings. The Morgan fingerprint density at radius 1 is 1.11 bits per heavy atom. The minimum absolute atomic E-state index is 0.184. The van der Waals surface area contributed by atoms with E-state index in [1.165, 1.54) is 11.2 Å². The molecule has 0 saturated carbocycles. The third-order valence-corrected chi connectivity index (χ3v) is 6.49. The van der Waals surface area contributed by atoms with Crippen LogP contribution in [0, 0.1) is 0 Å². The van der Waals surface area contributed by atoms with Crippen LogP contribution in [0.4, 0.5) is 5.69 Å². The highest BCUT2D eigenvalue weighted by molar-refractivity contribution is 5.97. The summed E-state index contributed by atoms with van der Waals surface area (Å²) in [5.74, 6) is -0.731. The third-order valence-electron chi connectivity index (χ3n) is 6.49. The molecular weight excluding hydrogens is 444 g/mol. The summed E-state index contributed by atoms with van der Waals surface area (Å²) >= 11 is 0. The summed E-state index contributed by atoms with van der Waals surface area (Å²) in [5, 5.41) is 4.35. The molecule has 0 bridgehead atoms. The molecule has 174 valence electrons. The molecule has 35 heavy (non-hydrogen) atoms. The van der Waals surface area contributed by atoms with Gasteiger partial charge in [-0.2, -0.15) is 0 Å². The smallest absolute Gasteiger partial charge is 0.290 e. The molecule has 3 aromatic heterocycles. The van der Waals surface area contributed by atoms with Crippen LogP contribution >= 0.6 is 0 Å². The van der Waals surface area contributed by atoms with Gasteiger partial charge >= 0.3 is 0 Å². The molecule has 1 aliphatic heterocycles. The Hall–Kier alpha value is -4.66. The van der Waals surface area contributed by atoms with Gasteiger partial charge in [-0.05, 0) is 35.9 Å². The standard InChI is InChI=1S/C26H22N6O3/c27-25(33)23-12-18-17-3-1-2-4-19(17)31-22(18)14-32(23)26(34)24-15(7-10-35-24)13-30-16-5-6-20-21(11-16)29-9-8-28-20/h1-11,23,30-31H,12-14H2,(H2,27,33)/t23-/m1/s1. The maximum Gasteiger partial charge on any atom is 0.290 e. The number of nitrogens with zero attached hydrogens (tertiary/aromatic N) is 3. The Morgan fingerprint density at radius 2 is 1.94 bits per heavy atom. The van der Waals surface area contributed by atoms with E-state index in [1.54, 1.807) is 18.5 Å². The number of nitrogens with two attached hydrogens (primary N) is 1. The number of carbonyl (C=O) groups excluding carboxylic acids is 2. The fourth-order valence-electron chi connectivity index (χ4n) is 4.74. The lowest BCUT2D eigenvalue weighted by atomic mass is 9.95. The fourth-order valence-corrected chi connectivity index (χ4v) is 4.74. The van der Waals surface area contributed by atoms with Crippen LogP contribution in [0.3, 0.4) is 0 Å². The van der Waals surface area contributed by atoms with E-state index in [-0.39, 0.29) is 18.2 Å². The highest BCUT2D eigenvalue weighted by Gasteiger charge is 2.37. The Morgan fingerprint density at radius 3 is 2.80 bits per heavy atom. The predicted octanol–water partition coefficient (Wildman–Crippen LogP) is 3.37. The number of hydrogen-bond donors (Lipinski definition) is 3. The second kappa shape index (κ2) is 8.28. The number of anilines is 1. The number of H-pyrrole nitrogens is 1. The summed E-state index contributed by atoms with van der Waals surface area (Å²) in [6, 6.07) is 14.6. The Balaban J connectivity index is 1.26. The SMILES string of the molecule is NC(=O)[C@H]1Cc2c([nH]c3ccccc23)CN1C(=O)c1occc1CNc1ccc2nccnc2c1. The number of fused-ring (bicyclic) bond motifs is 4. The highest BCUT2D eigenvalue weighted by Crippen LogP contribution is 2.31. The number of aromatic nitrogens is 3. The van der Waals surface area contributed by atoms with Crippen LogP contribution in [0.25, 0.3) is 21.9 Å².